The van der Waals surface area contributed by atoms with Gasteiger partial charge < -0.3 is 15.2 Å². The molecule has 190 valence electrons. The predicted octanol–water partition coefficient (Wildman–Crippen LogP) is 7.93. The van der Waals surface area contributed by atoms with Crippen molar-refractivity contribution in [3.63, 3.8) is 0 Å². The van der Waals surface area contributed by atoms with Gasteiger partial charge in [0.2, 0.25) is 6.43 Å². The zero-order chi connectivity index (χ0) is 26.3. The lowest BCUT2D eigenvalue weighted by atomic mass is 9.81. The molecule has 2 aromatic carbocycles. The highest BCUT2D eigenvalue weighted by molar-refractivity contribution is 6.05. The van der Waals surface area contributed by atoms with E-state index in [1.54, 1.807) is 6.08 Å². The van der Waals surface area contributed by atoms with Gasteiger partial charge in [-0.15, -0.1) is 0 Å². The van der Waals surface area contributed by atoms with Crippen molar-refractivity contribution in [3.8, 4) is 11.1 Å². The van der Waals surface area contributed by atoms with Gasteiger partial charge in [-0.2, -0.15) is 0 Å². The Labute approximate surface area is 216 Å². The molecular formula is C31H32F2N4. The molecule has 0 atom stereocenters. The number of nitrogen functional groups attached to an aromatic ring is 1. The fraction of sp³-hybridized carbons (Fsp3) is 0.258. The summed E-state index contributed by atoms with van der Waals surface area (Å²) in [6.07, 6.45) is 5.63. The van der Waals surface area contributed by atoms with Crippen LogP contribution >= 0.6 is 0 Å². The molecule has 1 saturated carbocycles. The second-order valence-corrected chi connectivity index (χ2v) is 10.1. The Kier molecular flexibility index (Phi) is 6.59. The van der Waals surface area contributed by atoms with Gasteiger partial charge in [0, 0.05) is 52.9 Å². The molecule has 0 bridgehead atoms. The Hall–Kier alpha value is -3.93. The summed E-state index contributed by atoms with van der Waals surface area (Å²) in [5.41, 5.74) is 13.7. The molecule has 37 heavy (non-hydrogen) atoms. The number of hydrogen-bond acceptors (Lipinski definition) is 2. The Balaban J connectivity index is 1.63. The molecule has 3 N–H and O–H groups in total. The van der Waals surface area contributed by atoms with Crippen LogP contribution in [0, 0.1) is 11.3 Å². The molecule has 0 spiro atoms. The van der Waals surface area contributed by atoms with Crippen LogP contribution in [-0.4, -0.2) is 16.8 Å². The number of anilines is 1. The highest BCUT2D eigenvalue weighted by atomic mass is 19.3. The number of alkyl halides is 2. The van der Waals surface area contributed by atoms with Gasteiger partial charge in [0.1, 0.15) is 5.84 Å². The lowest BCUT2D eigenvalue weighted by Gasteiger charge is -2.35. The number of fused-ring (bicyclic) bond motifs is 1. The average Bonchev–Trinajstić information content (AvgIpc) is 3.26. The number of rotatable bonds is 8. The van der Waals surface area contributed by atoms with E-state index in [2.05, 4.69) is 30.8 Å². The molecule has 1 aliphatic carbocycles. The third-order valence-electron chi connectivity index (χ3n) is 7.51. The summed E-state index contributed by atoms with van der Waals surface area (Å²) >= 11 is 0. The number of halogens is 2. The first-order chi connectivity index (χ1) is 17.8. The molecule has 0 radical (unpaired) electrons. The second kappa shape index (κ2) is 9.85. The molecule has 1 aliphatic heterocycles. The van der Waals surface area contributed by atoms with E-state index in [0.29, 0.717) is 17.5 Å². The van der Waals surface area contributed by atoms with Gasteiger partial charge in [-0.05, 0) is 66.2 Å². The zero-order valence-electron chi connectivity index (χ0n) is 21.1. The van der Waals surface area contributed by atoms with Crippen LogP contribution < -0.4 is 10.6 Å². The Morgan fingerprint density at radius 3 is 2.49 bits per heavy atom. The van der Waals surface area contributed by atoms with Gasteiger partial charge in [-0.1, -0.05) is 50.4 Å². The molecule has 5 rings (SSSR count). The van der Waals surface area contributed by atoms with Gasteiger partial charge in [-0.25, -0.2) is 8.78 Å². The standard InChI is InChI=1S/C31H32F2N4/c1-4-28-30(31(34)35)27(18-37(28)24-14-19(2)15-24)21-10-12-25-22(11-13-29(32)33)17-36(20(3)26(25)16-21)23-8-6-5-7-9-23/h4-10,12,16-19,24,29H,1,3,11,13-15H2,2H3,(H3,34,35). The summed E-state index contributed by atoms with van der Waals surface area (Å²) in [7, 11) is 0. The maximum absolute atomic E-state index is 13.2. The van der Waals surface area contributed by atoms with E-state index in [9.17, 15) is 8.78 Å². The quantitative estimate of drug-likeness (QED) is 0.245. The van der Waals surface area contributed by atoms with E-state index in [0.717, 1.165) is 57.7 Å². The normalized spacial score (nSPS) is 18.9. The van der Waals surface area contributed by atoms with E-state index in [1.807, 2.05) is 59.6 Å². The van der Waals surface area contributed by atoms with Crippen LogP contribution in [0.1, 0.15) is 61.0 Å². The number of allylic oxidation sites excluding steroid dienone is 1. The summed E-state index contributed by atoms with van der Waals surface area (Å²) in [6, 6.07) is 16.2. The average molecular weight is 499 g/mol. The van der Waals surface area contributed by atoms with Crippen molar-refractivity contribution in [1.82, 2.24) is 4.57 Å². The van der Waals surface area contributed by atoms with Crippen LogP contribution in [0.4, 0.5) is 14.5 Å². The first-order valence-electron chi connectivity index (χ1n) is 12.7. The van der Waals surface area contributed by atoms with Crippen molar-refractivity contribution >= 4 is 28.9 Å². The molecule has 0 amide bonds. The third-order valence-corrected chi connectivity index (χ3v) is 7.51. The lowest BCUT2D eigenvalue weighted by molar-refractivity contribution is 0.139. The number of para-hydroxylation sites is 1. The lowest BCUT2D eigenvalue weighted by Crippen LogP contribution is -2.25. The molecule has 0 unspecified atom stereocenters. The second-order valence-electron chi connectivity index (χ2n) is 10.1. The SMILES string of the molecule is C=Cc1c(C(=N)N)c(-c2ccc3c(c2)C(=C)N(c2ccccc2)C=C3CCC(F)F)cn1C1CC(C)C1. The number of aromatic nitrogens is 1. The molecule has 0 saturated heterocycles. The minimum atomic E-state index is -2.37. The molecular weight excluding hydrogens is 466 g/mol. The maximum atomic E-state index is 13.2. The Morgan fingerprint density at radius 1 is 1.14 bits per heavy atom. The number of benzene rings is 2. The minimum Gasteiger partial charge on any atom is -0.384 e. The highest BCUT2D eigenvalue weighted by Gasteiger charge is 2.31. The van der Waals surface area contributed by atoms with E-state index in [1.165, 1.54) is 0 Å². The van der Waals surface area contributed by atoms with Gasteiger partial charge in [0.05, 0.1) is 5.69 Å². The Morgan fingerprint density at radius 2 is 1.86 bits per heavy atom. The summed E-state index contributed by atoms with van der Waals surface area (Å²) in [5.74, 6) is 0.666. The van der Waals surface area contributed by atoms with Crippen molar-refractivity contribution in [2.45, 2.75) is 45.1 Å². The van der Waals surface area contributed by atoms with Gasteiger partial charge in [0.15, 0.2) is 0 Å². The summed E-state index contributed by atoms with van der Waals surface area (Å²) in [4.78, 5) is 1.97. The number of hydrogen-bond donors (Lipinski definition) is 2. The van der Waals surface area contributed by atoms with Crippen LogP contribution in [0.5, 0.6) is 0 Å². The van der Waals surface area contributed by atoms with Crippen molar-refractivity contribution in [3.05, 3.63) is 96.5 Å². The molecule has 2 aliphatic rings. The molecule has 3 aromatic rings. The fourth-order valence-electron chi connectivity index (χ4n) is 5.59. The van der Waals surface area contributed by atoms with Crippen molar-refractivity contribution in [2.24, 2.45) is 11.7 Å². The van der Waals surface area contributed by atoms with Crippen molar-refractivity contribution in [2.75, 3.05) is 4.90 Å². The summed E-state index contributed by atoms with van der Waals surface area (Å²) in [6.45, 7) is 10.6. The molecule has 1 fully saturated rings. The summed E-state index contributed by atoms with van der Waals surface area (Å²) in [5, 5.41) is 8.35. The predicted molar refractivity (Wildman–Crippen MR) is 150 cm³/mol. The molecule has 4 nitrogen and oxygen atoms in total. The van der Waals surface area contributed by atoms with Crippen LogP contribution in [0.2, 0.25) is 0 Å². The minimum absolute atomic E-state index is 0.00370. The van der Waals surface area contributed by atoms with E-state index < -0.39 is 6.43 Å². The van der Waals surface area contributed by atoms with Crippen LogP contribution in [0.25, 0.3) is 28.5 Å². The van der Waals surface area contributed by atoms with Gasteiger partial charge in [-0.3, -0.25) is 5.41 Å². The smallest absolute Gasteiger partial charge is 0.239 e. The summed E-state index contributed by atoms with van der Waals surface area (Å²) < 4.78 is 28.5. The topological polar surface area (TPSA) is 58.0 Å². The maximum Gasteiger partial charge on any atom is 0.239 e. The Bertz CT molecular complexity index is 1390. The monoisotopic (exact) mass is 498 g/mol. The number of amidine groups is 1. The van der Waals surface area contributed by atoms with Crippen LogP contribution in [0.3, 0.4) is 0 Å². The first-order valence-corrected chi connectivity index (χ1v) is 12.7. The number of nitrogens with two attached hydrogens (primary N) is 1. The van der Waals surface area contributed by atoms with Crippen molar-refractivity contribution in [1.29, 1.82) is 5.41 Å². The van der Waals surface area contributed by atoms with Gasteiger partial charge in [0.25, 0.3) is 0 Å². The van der Waals surface area contributed by atoms with Crippen molar-refractivity contribution < 1.29 is 8.78 Å². The van der Waals surface area contributed by atoms with Crippen LogP contribution in [-0.2, 0) is 0 Å². The fourth-order valence-corrected chi connectivity index (χ4v) is 5.59. The van der Waals surface area contributed by atoms with Gasteiger partial charge >= 0.3 is 0 Å². The molecule has 6 heteroatoms. The third kappa shape index (κ3) is 4.52. The first kappa shape index (κ1) is 24.8. The van der Waals surface area contributed by atoms with E-state index >= 15 is 0 Å². The zero-order valence-corrected chi connectivity index (χ0v) is 21.1. The highest BCUT2D eigenvalue weighted by Crippen LogP contribution is 2.44. The largest absolute Gasteiger partial charge is 0.384 e. The van der Waals surface area contributed by atoms with Crippen LogP contribution in [0.15, 0.2) is 74.1 Å². The van der Waals surface area contributed by atoms with E-state index in [-0.39, 0.29) is 18.7 Å². The molecule has 1 aromatic heterocycles. The molecule has 2 heterocycles. The number of nitrogens with zero attached hydrogens (tertiary/aromatic N) is 2. The number of nitrogens with one attached hydrogen (secondary N) is 1. The van der Waals surface area contributed by atoms with E-state index in [4.69, 9.17) is 11.1 Å².